The zero-order valence-electron chi connectivity index (χ0n) is 17.0. The van der Waals surface area contributed by atoms with Gasteiger partial charge < -0.3 is 0 Å². The molecule has 0 aromatic heterocycles. The number of hydrogen-bond acceptors (Lipinski definition) is 0. The van der Waals surface area contributed by atoms with Crippen molar-refractivity contribution < 1.29 is 0 Å². The van der Waals surface area contributed by atoms with Crippen molar-refractivity contribution in [3.8, 4) is 12.3 Å². The van der Waals surface area contributed by atoms with E-state index < -0.39 is 0 Å². The van der Waals surface area contributed by atoms with Gasteiger partial charge in [-0.15, -0.1) is 18.9 Å². The van der Waals surface area contributed by atoms with E-state index in [2.05, 4.69) is 39.3 Å². The average Bonchev–Trinajstić information content (AvgIpc) is 2.61. The second kappa shape index (κ2) is 17.1. The minimum Gasteiger partial charge on any atom is -0.120 e. The lowest BCUT2D eigenvalue weighted by Gasteiger charge is -2.19. The Bertz CT molecular complexity index is 308. The van der Waals surface area contributed by atoms with Gasteiger partial charge >= 0.3 is 0 Å². The highest BCUT2D eigenvalue weighted by Crippen LogP contribution is 2.26. The van der Waals surface area contributed by atoms with Crippen molar-refractivity contribution in [3.63, 3.8) is 0 Å². The smallest absolute Gasteiger partial charge is 0.00886 e. The minimum atomic E-state index is 0.864. The molecule has 0 aliphatic rings. The molecule has 0 spiro atoms. The Morgan fingerprint density at radius 1 is 0.833 bits per heavy atom. The third-order valence-corrected chi connectivity index (χ3v) is 5.78. The Balaban J connectivity index is 3.93. The Labute approximate surface area is 153 Å². The first-order chi connectivity index (χ1) is 11.7. The molecule has 3 unspecified atom stereocenters. The van der Waals surface area contributed by atoms with E-state index >= 15 is 0 Å². The summed E-state index contributed by atoms with van der Waals surface area (Å²) in [4.78, 5) is 0. The summed E-state index contributed by atoms with van der Waals surface area (Å²) in [5.41, 5.74) is 0. The van der Waals surface area contributed by atoms with E-state index in [1.54, 1.807) is 0 Å². The van der Waals surface area contributed by atoms with E-state index in [1.165, 1.54) is 83.5 Å². The van der Waals surface area contributed by atoms with Crippen molar-refractivity contribution >= 4 is 0 Å². The second-order valence-electron chi connectivity index (χ2n) is 7.83. The number of rotatable bonds is 17. The maximum atomic E-state index is 5.48. The molecule has 0 aliphatic heterocycles. The van der Waals surface area contributed by atoms with Crippen LogP contribution in [-0.2, 0) is 0 Å². The van der Waals surface area contributed by atoms with Crippen molar-refractivity contribution in [1.29, 1.82) is 0 Å². The summed E-state index contributed by atoms with van der Waals surface area (Å²) < 4.78 is 0. The van der Waals surface area contributed by atoms with E-state index in [0.717, 1.165) is 24.2 Å². The number of unbranched alkanes of at least 4 members (excludes halogenated alkanes) is 3. The molecule has 0 saturated carbocycles. The van der Waals surface area contributed by atoms with Gasteiger partial charge in [0, 0.05) is 6.42 Å². The molecule has 0 bridgehead atoms. The third kappa shape index (κ3) is 13.7. The highest BCUT2D eigenvalue weighted by Gasteiger charge is 2.11. The Hall–Kier alpha value is -0.700. The van der Waals surface area contributed by atoms with E-state index in [-0.39, 0.29) is 0 Å². The molecule has 0 nitrogen and oxygen atoms in total. The van der Waals surface area contributed by atoms with Crippen LogP contribution >= 0.6 is 0 Å². The van der Waals surface area contributed by atoms with Gasteiger partial charge in [-0.25, -0.2) is 0 Å². The topological polar surface area (TPSA) is 0 Å². The fraction of sp³-hybridized carbons (Fsp3) is 0.833. The lowest BCUT2D eigenvalue weighted by atomic mass is 9.87. The Kier molecular flexibility index (Phi) is 16.6. The molecule has 0 aliphatic carbocycles. The molecule has 0 aromatic carbocycles. The maximum absolute atomic E-state index is 5.48. The number of allylic oxidation sites excluding steroid dienone is 1. The van der Waals surface area contributed by atoms with Crippen LogP contribution in [-0.4, -0.2) is 0 Å². The summed E-state index contributed by atoms with van der Waals surface area (Å²) in [5, 5.41) is 0. The fourth-order valence-electron chi connectivity index (χ4n) is 3.59. The van der Waals surface area contributed by atoms with Gasteiger partial charge in [-0.1, -0.05) is 91.1 Å². The van der Waals surface area contributed by atoms with Crippen LogP contribution in [0.3, 0.4) is 0 Å². The summed E-state index contributed by atoms with van der Waals surface area (Å²) in [6, 6.07) is 0. The fourth-order valence-corrected chi connectivity index (χ4v) is 3.59. The zero-order valence-corrected chi connectivity index (χ0v) is 17.0. The van der Waals surface area contributed by atoms with Crippen molar-refractivity contribution in [1.82, 2.24) is 0 Å². The van der Waals surface area contributed by atoms with Gasteiger partial charge in [-0.2, -0.15) is 0 Å². The van der Waals surface area contributed by atoms with Crippen LogP contribution in [0.25, 0.3) is 0 Å². The van der Waals surface area contributed by atoms with Crippen molar-refractivity contribution in [2.45, 2.75) is 111 Å². The first-order valence-corrected chi connectivity index (χ1v) is 10.7. The zero-order chi connectivity index (χ0) is 18.0. The van der Waals surface area contributed by atoms with Gasteiger partial charge in [-0.3, -0.25) is 0 Å². The van der Waals surface area contributed by atoms with Crippen LogP contribution in [0, 0.1) is 30.1 Å². The summed E-state index contributed by atoms with van der Waals surface area (Å²) >= 11 is 0. The molecule has 0 saturated heterocycles. The van der Waals surface area contributed by atoms with Crippen molar-refractivity contribution in [2.24, 2.45) is 17.8 Å². The van der Waals surface area contributed by atoms with Crippen molar-refractivity contribution in [2.75, 3.05) is 0 Å². The first-order valence-electron chi connectivity index (χ1n) is 10.7. The number of terminal acetylenes is 1. The molecule has 0 amide bonds. The summed E-state index contributed by atoms with van der Waals surface area (Å²) in [7, 11) is 0. The standard InChI is InChI=1S/C24H44/c1-6-10-12-13-17-23(9-4)18-14-15-19-24(16-11-7-2)21-20-22(5)8-3/h2,6,22-24H,1,8-21H2,3-5H3. The molecule has 0 heterocycles. The van der Waals surface area contributed by atoms with E-state index in [1.807, 2.05) is 0 Å². The van der Waals surface area contributed by atoms with Crippen LogP contribution < -0.4 is 0 Å². The van der Waals surface area contributed by atoms with Gasteiger partial charge in [0.1, 0.15) is 0 Å². The van der Waals surface area contributed by atoms with Crippen LogP contribution in [0.5, 0.6) is 0 Å². The molecule has 24 heavy (non-hydrogen) atoms. The van der Waals surface area contributed by atoms with Crippen LogP contribution in [0.2, 0.25) is 0 Å². The molecule has 0 aromatic rings. The third-order valence-electron chi connectivity index (χ3n) is 5.78. The van der Waals surface area contributed by atoms with Crippen LogP contribution in [0.4, 0.5) is 0 Å². The summed E-state index contributed by atoms with van der Waals surface area (Å²) in [6.45, 7) is 10.9. The lowest BCUT2D eigenvalue weighted by molar-refractivity contribution is 0.343. The SMILES string of the molecule is C#CCCC(CCCCC(CC)CCCCC=C)CCC(C)CC. The Morgan fingerprint density at radius 3 is 2.00 bits per heavy atom. The quantitative estimate of drug-likeness (QED) is 0.143. The first kappa shape index (κ1) is 23.3. The normalized spacial score (nSPS) is 14.8. The largest absolute Gasteiger partial charge is 0.120 e. The predicted molar refractivity (Wildman–Crippen MR) is 111 cm³/mol. The van der Waals surface area contributed by atoms with Crippen LogP contribution in [0.15, 0.2) is 12.7 Å². The summed E-state index contributed by atoms with van der Waals surface area (Å²) in [6.07, 6.45) is 26.1. The van der Waals surface area contributed by atoms with Gasteiger partial charge in [-0.05, 0) is 37.0 Å². The highest BCUT2D eigenvalue weighted by molar-refractivity contribution is 4.84. The molecule has 3 atom stereocenters. The predicted octanol–water partition coefficient (Wildman–Crippen LogP) is 8.18. The number of hydrogen-bond donors (Lipinski definition) is 0. The van der Waals surface area contributed by atoms with E-state index in [0.29, 0.717) is 0 Å². The Morgan fingerprint density at radius 2 is 1.46 bits per heavy atom. The van der Waals surface area contributed by atoms with E-state index in [4.69, 9.17) is 6.42 Å². The highest BCUT2D eigenvalue weighted by atomic mass is 14.2. The second-order valence-corrected chi connectivity index (χ2v) is 7.83. The molecule has 140 valence electrons. The molecular weight excluding hydrogens is 288 g/mol. The van der Waals surface area contributed by atoms with Gasteiger partial charge in [0.15, 0.2) is 0 Å². The van der Waals surface area contributed by atoms with E-state index in [9.17, 15) is 0 Å². The molecule has 0 N–H and O–H groups in total. The maximum Gasteiger partial charge on any atom is 0.00886 e. The van der Waals surface area contributed by atoms with Gasteiger partial charge in [0.05, 0.1) is 0 Å². The average molecular weight is 333 g/mol. The van der Waals surface area contributed by atoms with Crippen molar-refractivity contribution in [3.05, 3.63) is 12.7 Å². The molecule has 0 fully saturated rings. The van der Waals surface area contributed by atoms with Gasteiger partial charge in [0.25, 0.3) is 0 Å². The minimum absolute atomic E-state index is 0.864. The molecule has 0 rings (SSSR count). The molecule has 0 radical (unpaired) electrons. The monoisotopic (exact) mass is 332 g/mol. The summed E-state index contributed by atoms with van der Waals surface area (Å²) in [5.74, 6) is 5.52. The molecular formula is C24H44. The molecule has 0 heteroatoms. The van der Waals surface area contributed by atoms with Crippen LogP contribution in [0.1, 0.15) is 111 Å². The lowest BCUT2D eigenvalue weighted by Crippen LogP contribution is -2.05. The van der Waals surface area contributed by atoms with Gasteiger partial charge in [0.2, 0.25) is 0 Å².